The minimum Gasteiger partial charge on any atom is -0.491 e. The van der Waals surface area contributed by atoms with Crippen LogP contribution in [-0.2, 0) is 10.0 Å². The molecule has 2 aromatic carbocycles. The van der Waals surface area contributed by atoms with E-state index in [2.05, 4.69) is 14.5 Å². The smallest absolute Gasteiger partial charge is 0.229 e. The number of nitrogens with one attached hydrogen (secondary N) is 1. The van der Waals surface area contributed by atoms with Crippen molar-refractivity contribution in [1.29, 1.82) is 0 Å². The fourth-order valence-corrected chi connectivity index (χ4v) is 3.91. The molecular formula is C20H26ClN3O4S. The Hall–Kier alpha value is -2.00. The summed E-state index contributed by atoms with van der Waals surface area (Å²) in [7, 11) is -3.30. The highest BCUT2D eigenvalue weighted by Crippen LogP contribution is 2.20. The number of nitrogens with zero attached hydrogens (tertiary/aromatic N) is 2. The zero-order valence-corrected chi connectivity index (χ0v) is 17.9. The number of benzene rings is 2. The Bertz CT molecular complexity index is 883. The zero-order chi connectivity index (χ0) is 20.9. The van der Waals surface area contributed by atoms with Crippen LogP contribution < -0.4 is 14.4 Å². The average molecular weight is 440 g/mol. The molecule has 1 heterocycles. The minimum absolute atomic E-state index is 0.177. The van der Waals surface area contributed by atoms with Crippen molar-refractivity contribution in [2.45, 2.75) is 6.10 Å². The number of ether oxygens (including phenoxy) is 1. The summed E-state index contributed by atoms with van der Waals surface area (Å²) in [5.74, 6) is 0.579. The summed E-state index contributed by atoms with van der Waals surface area (Å²) in [5, 5.41) is 11.0. The van der Waals surface area contributed by atoms with Crippen LogP contribution in [0.15, 0.2) is 48.5 Å². The molecule has 0 aromatic heterocycles. The van der Waals surface area contributed by atoms with Gasteiger partial charge in [-0.15, -0.1) is 0 Å². The molecule has 29 heavy (non-hydrogen) atoms. The van der Waals surface area contributed by atoms with Crippen LogP contribution in [0.1, 0.15) is 0 Å². The first-order chi connectivity index (χ1) is 13.8. The van der Waals surface area contributed by atoms with Crippen LogP contribution in [0.25, 0.3) is 0 Å². The summed E-state index contributed by atoms with van der Waals surface area (Å²) in [6.07, 6.45) is 0.495. The SMILES string of the molecule is CS(=O)(=O)Nc1ccc(OCC(O)CN2CCN(c3ccc(Cl)cc3)CC2)cc1. The molecule has 2 N–H and O–H groups in total. The summed E-state index contributed by atoms with van der Waals surface area (Å²) in [4.78, 5) is 4.53. The first-order valence-electron chi connectivity index (χ1n) is 9.40. The Morgan fingerprint density at radius 1 is 1.07 bits per heavy atom. The minimum atomic E-state index is -3.30. The molecule has 1 fully saturated rings. The van der Waals surface area contributed by atoms with Crippen molar-refractivity contribution in [3.8, 4) is 5.75 Å². The molecule has 0 bridgehead atoms. The Kier molecular flexibility index (Phi) is 7.23. The number of aliphatic hydroxyl groups excluding tert-OH is 1. The van der Waals surface area contributed by atoms with Gasteiger partial charge in [-0.2, -0.15) is 0 Å². The van der Waals surface area contributed by atoms with Crippen LogP contribution in [0.4, 0.5) is 11.4 Å². The second-order valence-corrected chi connectivity index (χ2v) is 9.31. The van der Waals surface area contributed by atoms with E-state index in [0.29, 0.717) is 18.0 Å². The molecule has 0 radical (unpaired) electrons. The average Bonchev–Trinajstić information content (AvgIpc) is 2.68. The van der Waals surface area contributed by atoms with Crippen LogP contribution in [0.2, 0.25) is 5.02 Å². The molecule has 158 valence electrons. The van der Waals surface area contributed by atoms with Crippen molar-refractivity contribution < 1.29 is 18.3 Å². The topological polar surface area (TPSA) is 82.1 Å². The third kappa shape index (κ3) is 7.08. The van der Waals surface area contributed by atoms with Crippen LogP contribution in [0.5, 0.6) is 5.75 Å². The molecule has 1 aliphatic rings. The zero-order valence-electron chi connectivity index (χ0n) is 16.3. The monoisotopic (exact) mass is 439 g/mol. The third-order valence-electron chi connectivity index (χ3n) is 4.63. The molecule has 9 heteroatoms. The van der Waals surface area contributed by atoms with Crippen LogP contribution in [0.3, 0.4) is 0 Å². The molecule has 1 unspecified atom stereocenters. The second-order valence-electron chi connectivity index (χ2n) is 7.13. The van der Waals surface area contributed by atoms with Gasteiger partial charge in [0.25, 0.3) is 0 Å². The van der Waals surface area contributed by atoms with E-state index >= 15 is 0 Å². The van der Waals surface area contributed by atoms with Gasteiger partial charge in [-0.05, 0) is 48.5 Å². The number of β-amino-alcohol motifs (C(OH)–C–C–N with tert-alkyl or cyclic N) is 1. The van der Waals surface area contributed by atoms with E-state index in [-0.39, 0.29) is 6.61 Å². The molecule has 0 spiro atoms. The van der Waals surface area contributed by atoms with Gasteiger partial charge in [0, 0.05) is 49.1 Å². The van der Waals surface area contributed by atoms with Crippen molar-refractivity contribution in [3.63, 3.8) is 0 Å². The lowest BCUT2D eigenvalue weighted by Crippen LogP contribution is -2.49. The highest BCUT2D eigenvalue weighted by Gasteiger charge is 2.19. The molecule has 2 aromatic rings. The van der Waals surface area contributed by atoms with Crippen molar-refractivity contribution in [2.24, 2.45) is 0 Å². The van der Waals surface area contributed by atoms with Gasteiger partial charge in [0.1, 0.15) is 18.5 Å². The maximum absolute atomic E-state index is 11.2. The maximum atomic E-state index is 11.2. The summed E-state index contributed by atoms with van der Waals surface area (Å²) >= 11 is 5.94. The van der Waals surface area contributed by atoms with Crippen molar-refractivity contribution >= 4 is 33.0 Å². The maximum Gasteiger partial charge on any atom is 0.229 e. The number of hydrogen-bond acceptors (Lipinski definition) is 6. The Morgan fingerprint density at radius 2 is 1.69 bits per heavy atom. The van der Waals surface area contributed by atoms with E-state index in [1.54, 1.807) is 24.3 Å². The lowest BCUT2D eigenvalue weighted by atomic mass is 10.2. The lowest BCUT2D eigenvalue weighted by molar-refractivity contribution is 0.0663. The molecule has 1 saturated heterocycles. The number of halogens is 1. The molecule has 7 nitrogen and oxygen atoms in total. The van der Waals surface area contributed by atoms with Gasteiger partial charge in [-0.25, -0.2) is 8.42 Å². The summed E-state index contributed by atoms with van der Waals surface area (Å²) in [5.41, 5.74) is 1.63. The standard InChI is InChI=1S/C20H26ClN3O4S/c1-29(26,27)22-17-4-8-20(9-5-17)28-15-19(25)14-23-10-12-24(13-11-23)18-6-2-16(21)3-7-18/h2-9,19,22,25H,10-15H2,1H3. The van der Waals surface area contributed by atoms with E-state index in [1.165, 1.54) is 0 Å². The summed E-state index contributed by atoms with van der Waals surface area (Å²) in [6.45, 7) is 4.24. The highest BCUT2D eigenvalue weighted by molar-refractivity contribution is 7.92. The molecule has 0 amide bonds. The van der Waals surface area contributed by atoms with E-state index < -0.39 is 16.1 Å². The fourth-order valence-electron chi connectivity index (χ4n) is 3.22. The fraction of sp³-hybridized carbons (Fsp3) is 0.400. The Morgan fingerprint density at radius 3 is 2.28 bits per heavy atom. The molecule has 0 saturated carbocycles. The van der Waals surface area contributed by atoms with Gasteiger partial charge in [0.2, 0.25) is 10.0 Å². The summed E-state index contributed by atoms with van der Waals surface area (Å²) in [6, 6.07) is 14.4. The summed E-state index contributed by atoms with van der Waals surface area (Å²) < 4.78 is 30.4. The molecule has 1 atom stereocenters. The highest BCUT2D eigenvalue weighted by atomic mass is 35.5. The largest absolute Gasteiger partial charge is 0.491 e. The van der Waals surface area contributed by atoms with E-state index in [0.717, 1.165) is 43.1 Å². The quantitative estimate of drug-likeness (QED) is 0.656. The molecule has 3 rings (SSSR count). The van der Waals surface area contributed by atoms with Gasteiger partial charge in [0.15, 0.2) is 0 Å². The first kappa shape index (κ1) is 21.7. The number of anilines is 2. The first-order valence-corrected chi connectivity index (χ1v) is 11.7. The van der Waals surface area contributed by atoms with E-state index in [1.807, 2.05) is 24.3 Å². The lowest BCUT2D eigenvalue weighted by Gasteiger charge is -2.36. The van der Waals surface area contributed by atoms with Gasteiger partial charge < -0.3 is 14.7 Å². The normalized spacial score (nSPS) is 16.4. The van der Waals surface area contributed by atoms with Crippen molar-refractivity contribution in [1.82, 2.24) is 4.90 Å². The number of aliphatic hydroxyl groups is 1. The van der Waals surface area contributed by atoms with Crippen molar-refractivity contribution in [2.75, 3.05) is 55.2 Å². The van der Waals surface area contributed by atoms with E-state index in [4.69, 9.17) is 16.3 Å². The van der Waals surface area contributed by atoms with Crippen LogP contribution >= 0.6 is 11.6 Å². The predicted molar refractivity (Wildman–Crippen MR) is 117 cm³/mol. The van der Waals surface area contributed by atoms with Crippen molar-refractivity contribution in [3.05, 3.63) is 53.6 Å². The predicted octanol–water partition coefficient (Wildman–Crippen LogP) is 2.27. The number of hydrogen-bond donors (Lipinski definition) is 2. The second kappa shape index (κ2) is 9.67. The van der Waals surface area contributed by atoms with Crippen LogP contribution in [-0.4, -0.2) is 70.1 Å². The molecule has 1 aliphatic heterocycles. The van der Waals surface area contributed by atoms with Gasteiger partial charge in [0.05, 0.1) is 6.26 Å². The Labute approximate surface area is 176 Å². The Balaban J connectivity index is 1.40. The van der Waals surface area contributed by atoms with Gasteiger partial charge in [-0.1, -0.05) is 11.6 Å². The number of rotatable bonds is 8. The van der Waals surface area contributed by atoms with Gasteiger partial charge in [-0.3, -0.25) is 9.62 Å². The molecule has 0 aliphatic carbocycles. The third-order valence-corrected chi connectivity index (χ3v) is 5.49. The number of piperazine rings is 1. The van der Waals surface area contributed by atoms with Crippen LogP contribution in [0, 0.1) is 0 Å². The number of sulfonamides is 1. The van der Waals surface area contributed by atoms with E-state index in [9.17, 15) is 13.5 Å². The molecular weight excluding hydrogens is 414 g/mol. The van der Waals surface area contributed by atoms with Gasteiger partial charge >= 0.3 is 0 Å².